The first-order valence-corrected chi connectivity index (χ1v) is 24.2. The van der Waals surface area contributed by atoms with Gasteiger partial charge in [0.2, 0.25) is 0 Å². The zero-order valence-corrected chi connectivity index (χ0v) is 39.1. The van der Waals surface area contributed by atoms with Crippen molar-refractivity contribution in [2.75, 3.05) is 0 Å². The quantitative estimate of drug-likeness (QED) is 0.144. The Morgan fingerprint density at radius 1 is 0.194 bits per heavy atom. The largest absolute Gasteiger partial charge is 0.228 e. The molecule has 0 bridgehead atoms. The minimum atomic E-state index is 0.608. The second-order valence-corrected chi connectivity index (χ2v) is 17.9. The van der Waals surface area contributed by atoms with E-state index in [0.717, 1.165) is 88.9 Å². The zero-order valence-electron chi connectivity index (χ0n) is 39.1. The Labute approximate surface area is 417 Å². The van der Waals surface area contributed by atoms with Gasteiger partial charge in [-0.25, -0.2) is 24.9 Å². The fourth-order valence-electron chi connectivity index (χ4n) is 10.1. The van der Waals surface area contributed by atoms with Gasteiger partial charge in [-0.1, -0.05) is 255 Å². The van der Waals surface area contributed by atoms with E-state index >= 15 is 0 Å². The highest BCUT2D eigenvalue weighted by atomic mass is 15.0. The number of nitrogens with zero attached hydrogens (tertiary/aromatic N) is 5. The summed E-state index contributed by atoms with van der Waals surface area (Å²) in [6.45, 7) is 0. The summed E-state index contributed by atoms with van der Waals surface area (Å²) in [5.41, 5.74) is 15.5. The van der Waals surface area contributed by atoms with Gasteiger partial charge in [-0.05, 0) is 72.1 Å². The first-order valence-electron chi connectivity index (χ1n) is 24.2. The standard InChI is InChI=1S/C67H43N5/c1-4-20-49(21-5-1)64-68-60-33-15-14-30-59(60)63(69-64)48-38-34-46(35-39-48)61-57(55-31-16-26-44-18-10-12-28-53(44)55)42-43-58(56-32-17-27-45-19-11-13-29-54(45)56)62(61)47-36-40-52(41-37-47)67-71-65(50-22-6-2-7-23-50)70-66(72-67)51-24-8-3-9-25-51/h1-43H. The van der Waals surface area contributed by atoms with Crippen LogP contribution in [-0.4, -0.2) is 24.9 Å². The van der Waals surface area contributed by atoms with Crippen molar-refractivity contribution in [3.8, 4) is 101 Å². The van der Waals surface area contributed by atoms with Crippen molar-refractivity contribution in [1.29, 1.82) is 0 Å². The van der Waals surface area contributed by atoms with Gasteiger partial charge in [0, 0.05) is 33.2 Å². The molecule has 72 heavy (non-hydrogen) atoms. The molecule has 0 atom stereocenters. The highest BCUT2D eigenvalue weighted by Gasteiger charge is 2.23. The average molecular weight is 918 g/mol. The molecule has 0 saturated carbocycles. The molecule has 2 aromatic heterocycles. The van der Waals surface area contributed by atoms with Gasteiger partial charge in [0.25, 0.3) is 0 Å². The van der Waals surface area contributed by atoms with Gasteiger partial charge >= 0.3 is 0 Å². The van der Waals surface area contributed by atoms with E-state index in [9.17, 15) is 0 Å². The third kappa shape index (κ3) is 7.85. The van der Waals surface area contributed by atoms with Gasteiger partial charge in [-0.15, -0.1) is 0 Å². The second-order valence-electron chi connectivity index (χ2n) is 17.9. The molecule has 5 nitrogen and oxygen atoms in total. The number of fused-ring (bicyclic) bond motifs is 3. The monoisotopic (exact) mass is 917 g/mol. The molecule has 13 rings (SSSR count). The molecular weight excluding hydrogens is 875 g/mol. The molecule has 13 aromatic rings. The van der Waals surface area contributed by atoms with Crippen LogP contribution < -0.4 is 0 Å². The highest BCUT2D eigenvalue weighted by molar-refractivity contribution is 6.10. The summed E-state index contributed by atoms with van der Waals surface area (Å²) in [6, 6.07) is 91.7. The molecule has 2 heterocycles. The lowest BCUT2D eigenvalue weighted by Crippen LogP contribution is -2.00. The van der Waals surface area contributed by atoms with Crippen molar-refractivity contribution < 1.29 is 0 Å². The minimum absolute atomic E-state index is 0.608. The topological polar surface area (TPSA) is 64.5 Å². The van der Waals surface area contributed by atoms with Crippen LogP contribution in [0, 0.1) is 0 Å². The number of para-hydroxylation sites is 1. The molecular formula is C67H43N5. The Morgan fingerprint density at radius 2 is 0.542 bits per heavy atom. The lowest BCUT2D eigenvalue weighted by atomic mass is 9.81. The Hall–Kier alpha value is -9.71. The predicted octanol–water partition coefficient (Wildman–Crippen LogP) is 17.1. The lowest BCUT2D eigenvalue weighted by Gasteiger charge is -2.22. The normalized spacial score (nSPS) is 11.3. The summed E-state index contributed by atoms with van der Waals surface area (Å²) in [4.78, 5) is 25.4. The highest BCUT2D eigenvalue weighted by Crippen LogP contribution is 2.49. The van der Waals surface area contributed by atoms with E-state index in [1.165, 1.54) is 21.5 Å². The van der Waals surface area contributed by atoms with Crippen molar-refractivity contribution in [2.45, 2.75) is 0 Å². The molecule has 0 radical (unpaired) electrons. The smallest absolute Gasteiger partial charge is 0.164 e. The van der Waals surface area contributed by atoms with E-state index in [4.69, 9.17) is 24.9 Å². The van der Waals surface area contributed by atoms with E-state index in [1.54, 1.807) is 0 Å². The molecule has 336 valence electrons. The maximum absolute atomic E-state index is 5.24. The zero-order chi connectivity index (χ0) is 47.8. The molecule has 11 aromatic carbocycles. The van der Waals surface area contributed by atoms with Crippen LogP contribution >= 0.6 is 0 Å². The van der Waals surface area contributed by atoms with Crippen molar-refractivity contribution in [1.82, 2.24) is 24.9 Å². The first-order chi connectivity index (χ1) is 35.7. The second kappa shape index (κ2) is 18.3. The van der Waals surface area contributed by atoms with Crippen LogP contribution in [0.1, 0.15) is 0 Å². The summed E-state index contributed by atoms with van der Waals surface area (Å²) in [7, 11) is 0. The number of benzene rings is 11. The molecule has 0 saturated heterocycles. The molecule has 0 fully saturated rings. The average Bonchev–Trinajstić information content (AvgIpc) is 3.47. The molecule has 5 heteroatoms. The summed E-state index contributed by atoms with van der Waals surface area (Å²) in [5.74, 6) is 2.56. The fraction of sp³-hybridized carbons (Fsp3) is 0. The molecule has 0 unspecified atom stereocenters. The number of rotatable bonds is 9. The predicted molar refractivity (Wildman–Crippen MR) is 297 cm³/mol. The molecule has 0 aliphatic heterocycles. The van der Waals surface area contributed by atoms with E-state index < -0.39 is 0 Å². The Balaban J connectivity index is 1.04. The third-order valence-corrected chi connectivity index (χ3v) is 13.6. The van der Waals surface area contributed by atoms with Crippen molar-refractivity contribution in [2.24, 2.45) is 0 Å². The van der Waals surface area contributed by atoms with Gasteiger partial charge in [0.15, 0.2) is 23.3 Å². The summed E-state index contributed by atoms with van der Waals surface area (Å²) >= 11 is 0. The summed E-state index contributed by atoms with van der Waals surface area (Å²) < 4.78 is 0. The van der Waals surface area contributed by atoms with E-state index in [0.29, 0.717) is 23.3 Å². The van der Waals surface area contributed by atoms with Gasteiger partial charge in [-0.3, -0.25) is 0 Å². The number of hydrogen-bond acceptors (Lipinski definition) is 5. The molecule has 0 amide bonds. The van der Waals surface area contributed by atoms with E-state index in [2.05, 4.69) is 176 Å². The van der Waals surface area contributed by atoms with Crippen LogP contribution in [0.5, 0.6) is 0 Å². The van der Waals surface area contributed by atoms with Gasteiger partial charge < -0.3 is 0 Å². The van der Waals surface area contributed by atoms with Crippen LogP contribution in [0.4, 0.5) is 0 Å². The van der Waals surface area contributed by atoms with Gasteiger partial charge in [-0.2, -0.15) is 0 Å². The number of aromatic nitrogens is 5. The van der Waals surface area contributed by atoms with Crippen LogP contribution in [-0.2, 0) is 0 Å². The Morgan fingerprint density at radius 3 is 1.01 bits per heavy atom. The van der Waals surface area contributed by atoms with Gasteiger partial charge in [0.1, 0.15) is 0 Å². The van der Waals surface area contributed by atoms with Crippen LogP contribution in [0.2, 0.25) is 0 Å². The van der Waals surface area contributed by atoms with E-state index in [1.807, 2.05) is 84.9 Å². The Bertz CT molecular complexity index is 4050. The van der Waals surface area contributed by atoms with Crippen LogP contribution in [0.3, 0.4) is 0 Å². The molecule has 0 spiro atoms. The molecule has 0 N–H and O–H groups in total. The SMILES string of the molecule is c1ccc(-c2nc(-c3ccccc3)nc(-c3ccc(-c4c(-c5cccc6ccccc56)ccc(-c5cccc6ccccc56)c4-c4ccc(-c5nc(-c6ccccc6)nc6ccccc56)cc4)cc3)n2)cc1. The van der Waals surface area contributed by atoms with Crippen molar-refractivity contribution >= 4 is 32.4 Å². The van der Waals surface area contributed by atoms with Crippen LogP contribution in [0.25, 0.3) is 134 Å². The maximum atomic E-state index is 5.24. The van der Waals surface area contributed by atoms with Crippen LogP contribution in [0.15, 0.2) is 261 Å². The lowest BCUT2D eigenvalue weighted by molar-refractivity contribution is 1.07. The molecule has 0 aliphatic rings. The van der Waals surface area contributed by atoms with E-state index in [-0.39, 0.29) is 0 Å². The molecule has 0 aliphatic carbocycles. The summed E-state index contributed by atoms with van der Waals surface area (Å²) in [6.07, 6.45) is 0. The fourth-order valence-corrected chi connectivity index (χ4v) is 10.1. The minimum Gasteiger partial charge on any atom is -0.228 e. The first kappa shape index (κ1) is 42.4. The summed E-state index contributed by atoms with van der Waals surface area (Å²) in [5, 5.41) is 5.76. The Kier molecular flexibility index (Phi) is 10.8. The van der Waals surface area contributed by atoms with Gasteiger partial charge in [0.05, 0.1) is 11.2 Å². The maximum Gasteiger partial charge on any atom is 0.164 e. The number of hydrogen-bond donors (Lipinski definition) is 0. The third-order valence-electron chi connectivity index (χ3n) is 13.6. The van der Waals surface area contributed by atoms with Crippen molar-refractivity contribution in [3.05, 3.63) is 261 Å². The van der Waals surface area contributed by atoms with Crippen molar-refractivity contribution in [3.63, 3.8) is 0 Å².